The molecule has 1 aliphatic heterocycles. The van der Waals surface area contributed by atoms with Crippen molar-refractivity contribution in [3.05, 3.63) is 95.6 Å². The molecule has 0 aliphatic carbocycles. The monoisotopic (exact) mass is 471 g/mol. The lowest BCUT2D eigenvalue weighted by Gasteiger charge is -2.32. The first-order chi connectivity index (χ1) is 17.1. The fourth-order valence-electron chi connectivity index (χ4n) is 4.33. The van der Waals surface area contributed by atoms with Gasteiger partial charge in [-0.1, -0.05) is 60.7 Å². The first-order valence-corrected chi connectivity index (χ1v) is 12.2. The highest BCUT2D eigenvalue weighted by atomic mass is 16.2. The van der Waals surface area contributed by atoms with Gasteiger partial charge in [0.25, 0.3) is 5.91 Å². The Kier molecular flexibility index (Phi) is 8.57. The zero-order valence-electron chi connectivity index (χ0n) is 20.3. The number of piperidine rings is 1. The number of hydrogen-bond acceptors (Lipinski definition) is 5. The van der Waals surface area contributed by atoms with Gasteiger partial charge in [-0.25, -0.2) is 4.98 Å². The predicted molar refractivity (Wildman–Crippen MR) is 135 cm³/mol. The van der Waals surface area contributed by atoms with Crippen molar-refractivity contribution in [1.82, 2.24) is 25.1 Å². The molecule has 4 rings (SSSR count). The van der Waals surface area contributed by atoms with Crippen LogP contribution in [-0.2, 0) is 17.9 Å². The number of aryl methyl sites for hydroxylation is 1. The predicted octanol–water partition coefficient (Wildman–Crippen LogP) is 3.60. The number of benzene rings is 2. The van der Waals surface area contributed by atoms with Crippen LogP contribution in [0.3, 0.4) is 0 Å². The quantitative estimate of drug-likeness (QED) is 0.516. The van der Waals surface area contributed by atoms with Crippen LogP contribution in [0.5, 0.6) is 0 Å². The third kappa shape index (κ3) is 7.45. The molecule has 0 saturated carbocycles. The van der Waals surface area contributed by atoms with E-state index in [1.165, 1.54) is 11.8 Å². The number of amides is 2. The number of carbonyl (C=O) groups is 2. The Morgan fingerprint density at radius 2 is 1.60 bits per heavy atom. The molecule has 0 atom stereocenters. The summed E-state index contributed by atoms with van der Waals surface area (Å²) in [6.07, 6.45) is 5.21. The van der Waals surface area contributed by atoms with Crippen molar-refractivity contribution in [3.8, 4) is 0 Å². The van der Waals surface area contributed by atoms with E-state index in [2.05, 4.69) is 44.5 Å². The minimum absolute atomic E-state index is 0.0210. The van der Waals surface area contributed by atoms with E-state index >= 15 is 0 Å². The van der Waals surface area contributed by atoms with Gasteiger partial charge in [0.05, 0.1) is 11.9 Å². The van der Waals surface area contributed by atoms with Crippen LogP contribution in [0.2, 0.25) is 0 Å². The lowest BCUT2D eigenvalue weighted by atomic mass is 10.0. The molecule has 1 N–H and O–H groups in total. The van der Waals surface area contributed by atoms with E-state index in [-0.39, 0.29) is 30.0 Å². The van der Waals surface area contributed by atoms with Crippen LogP contribution in [0.1, 0.15) is 46.6 Å². The summed E-state index contributed by atoms with van der Waals surface area (Å²) in [7, 11) is 0. The molecular weight excluding hydrogens is 438 g/mol. The van der Waals surface area contributed by atoms with Gasteiger partial charge in [0.1, 0.15) is 5.69 Å². The van der Waals surface area contributed by atoms with Gasteiger partial charge < -0.3 is 10.2 Å². The molecule has 2 heterocycles. The van der Waals surface area contributed by atoms with Gasteiger partial charge in [0.15, 0.2) is 0 Å². The summed E-state index contributed by atoms with van der Waals surface area (Å²) in [4.78, 5) is 38.4. The number of rotatable bonds is 9. The van der Waals surface area contributed by atoms with Gasteiger partial charge >= 0.3 is 0 Å². The fraction of sp³-hybridized carbons (Fsp3) is 0.357. The van der Waals surface area contributed by atoms with Crippen molar-refractivity contribution in [2.24, 2.45) is 0 Å². The molecule has 0 unspecified atom stereocenters. The van der Waals surface area contributed by atoms with Crippen LogP contribution in [0.15, 0.2) is 73.1 Å². The number of aromatic nitrogens is 2. The van der Waals surface area contributed by atoms with Crippen molar-refractivity contribution in [2.45, 2.75) is 45.3 Å². The molecule has 2 aromatic carbocycles. The average molecular weight is 472 g/mol. The summed E-state index contributed by atoms with van der Waals surface area (Å²) in [5.74, 6) is -0.240. The second-order valence-corrected chi connectivity index (χ2v) is 9.11. The van der Waals surface area contributed by atoms with E-state index < -0.39 is 0 Å². The number of likely N-dealkylation sites (tertiary alicyclic amines) is 1. The third-order valence-corrected chi connectivity index (χ3v) is 6.31. The molecule has 1 saturated heterocycles. The van der Waals surface area contributed by atoms with E-state index in [0.717, 1.165) is 43.7 Å². The highest BCUT2D eigenvalue weighted by molar-refractivity contribution is 5.92. The molecule has 1 aliphatic rings. The molecule has 1 fully saturated rings. The van der Waals surface area contributed by atoms with Crippen LogP contribution in [0.25, 0.3) is 0 Å². The first kappa shape index (κ1) is 24.5. The topological polar surface area (TPSA) is 78.4 Å². The molecular formula is C28H33N5O2. The van der Waals surface area contributed by atoms with Crippen molar-refractivity contribution in [1.29, 1.82) is 0 Å². The van der Waals surface area contributed by atoms with Crippen LogP contribution in [0.4, 0.5) is 0 Å². The zero-order chi connectivity index (χ0) is 24.5. The standard InChI is InChI=1S/C28H33N5O2/c1-22-18-30-26(19-29-22)28(35)33(21-24-10-6-3-7-11-24)17-14-27(34)31-25-12-15-32(16-13-25)20-23-8-4-2-5-9-23/h2-11,18-19,25H,12-17,20-21H2,1H3,(H,31,34). The minimum atomic E-state index is -0.219. The summed E-state index contributed by atoms with van der Waals surface area (Å²) in [5.41, 5.74) is 3.37. The Morgan fingerprint density at radius 1 is 0.943 bits per heavy atom. The molecule has 35 heavy (non-hydrogen) atoms. The molecule has 182 valence electrons. The minimum Gasteiger partial charge on any atom is -0.353 e. The molecule has 0 spiro atoms. The van der Waals surface area contributed by atoms with E-state index in [9.17, 15) is 9.59 Å². The lowest BCUT2D eigenvalue weighted by molar-refractivity contribution is -0.122. The van der Waals surface area contributed by atoms with Gasteiger partial charge in [0, 0.05) is 51.4 Å². The highest BCUT2D eigenvalue weighted by Crippen LogP contribution is 2.15. The van der Waals surface area contributed by atoms with Gasteiger partial charge in [0.2, 0.25) is 5.91 Å². The molecule has 7 nitrogen and oxygen atoms in total. The Morgan fingerprint density at radius 3 is 2.23 bits per heavy atom. The van der Waals surface area contributed by atoms with Crippen LogP contribution >= 0.6 is 0 Å². The summed E-state index contributed by atoms with van der Waals surface area (Å²) in [6.45, 7) is 5.44. The van der Waals surface area contributed by atoms with Gasteiger partial charge in [-0.2, -0.15) is 0 Å². The third-order valence-electron chi connectivity index (χ3n) is 6.31. The van der Waals surface area contributed by atoms with Crippen LogP contribution < -0.4 is 5.32 Å². The normalized spacial score (nSPS) is 14.4. The van der Waals surface area contributed by atoms with Gasteiger partial charge in [-0.05, 0) is 30.9 Å². The van der Waals surface area contributed by atoms with Crippen molar-refractivity contribution < 1.29 is 9.59 Å². The van der Waals surface area contributed by atoms with Crippen LogP contribution in [0, 0.1) is 6.92 Å². The molecule has 7 heteroatoms. The number of nitrogens with zero attached hydrogens (tertiary/aromatic N) is 4. The lowest BCUT2D eigenvalue weighted by Crippen LogP contribution is -2.45. The van der Waals surface area contributed by atoms with Crippen molar-refractivity contribution in [2.75, 3.05) is 19.6 Å². The van der Waals surface area contributed by atoms with E-state index in [1.807, 2.05) is 43.3 Å². The summed E-state index contributed by atoms with van der Waals surface area (Å²) in [6, 6.07) is 20.4. The SMILES string of the molecule is Cc1cnc(C(=O)N(CCC(=O)NC2CCN(Cc3ccccc3)CC2)Cc2ccccc2)cn1. The summed E-state index contributed by atoms with van der Waals surface area (Å²) >= 11 is 0. The zero-order valence-corrected chi connectivity index (χ0v) is 20.3. The van der Waals surface area contributed by atoms with E-state index in [4.69, 9.17) is 0 Å². The largest absolute Gasteiger partial charge is 0.353 e. The number of nitrogens with one attached hydrogen (secondary N) is 1. The summed E-state index contributed by atoms with van der Waals surface area (Å²) < 4.78 is 0. The molecule has 1 aromatic heterocycles. The van der Waals surface area contributed by atoms with Crippen molar-refractivity contribution >= 4 is 11.8 Å². The Labute approximate surface area is 207 Å². The maximum atomic E-state index is 13.1. The Balaban J connectivity index is 1.28. The smallest absolute Gasteiger partial charge is 0.274 e. The second kappa shape index (κ2) is 12.2. The van der Waals surface area contributed by atoms with Gasteiger partial charge in [-0.15, -0.1) is 0 Å². The first-order valence-electron chi connectivity index (χ1n) is 12.2. The number of hydrogen-bond donors (Lipinski definition) is 1. The molecule has 0 radical (unpaired) electrons. The Bertz CT molecular complexity index is 1080. The fourth-order valence-corrected chi connectivity index (χ4v) is 4.33. The van der Waals surface area contributed by atoms with E-state index in [0.29, 0.717) is 13.1 Å². The number of carbonyl (C=O) groups excluding carboxylic acids is 2. The van der Waals surface area contributed by atoms with E-state index in [1.54, 1.807) is 11.1 Å². The maximum Gasteiger partial charge on any atom is 0.274 e. The highest BCUT2D eigenvalue weighted by Gasteiger charge is 2.23. The van der Waals surface area contributed by atoms with Gasteiger partial charge in [-0.3, -0.25) is 19.5 Å². The molecule has 0 bridgehead atoms. The Hall–Kier alpha value is -3.58. The second-order valence-electron chi connectivity index (χ2n) is 9.11. The summed E-state index contributed by atoms with van der Waals surface area (Å²) in [5, 5.41) is 3.18. The van der Waals surface area contributed by atoms with Crippen LogP contribution in [-0.4, -0.2) is 57.3 Å². The average Bonchev–Trinajstić information content (AvgIpc) is 2.89. The molecule has 3 aromatic rings. The maximum absolute atomic E-state index is 13.1. The van der Waals surface area contributed by atoms with Crippen molar-refractivity contribution in [3.63, 3.8) is 0 Å². The molecule has 2 amide bonds.